The normalized spacial score (nSPS) is 19.8. The lowest BCUT2D eigenvalue weighted by molar-refractivity contribution is -0.114. The van der Waals surface area contributed by atoms with Crippen LogP contribution in [-0.2, 0) is 4.79 Å². The summed E-state index contributed by atoms with van der Waals surface area (Å²) < 4.78 is 0. The van der Waals surface area contributed by atoms with Crippen LogP contribution in [0.25, 0.3) is 0 Å². The van der Waals surface area contributed by atoms with Gasteiger partial charge in [-0.25, -0.2) is 0 Å². The van der Waals surface area contributed by atoms with E-state index in [4.69, 9.17) is 11.0 Å². The van der Waals surface area contributed by atoms with Gasteiger partial charge in [-0.05, 0) is 68.1 Å². The van der Waals surface area contributed by atoms with Crippen molar-refractivity contribution in [1.29, 1.82) is 5.26 Å². The molecular formula is C27H32N6O3. The Bertz CT molecular complexity index is 1160. The zero-order valence-corrected chi connectivity index (χ0v) is 20.5. The molecule has 0 unspecified atom stereocenters. The minimum atomic E-state index is -0.218. The molecule has 0 atom stereocenters. The fourth-order valence-corrected chi connectivity index (χ4v) is 4.80. The molecule has 1 saturated carbocycles. The number of rotatable bonds is 5. The Balaban J connectivity index is 1.43. The number of carbonyl (C=O) groups is 3. The van der Waals surface area contributed by atoms with E-state index in [0.29, 0.717) is 48.6 Å². The third-order valence-electron chi connectivity index (χ3n) is 6.85. The summed E-state index contributed by atoms with van der Waals surface area (Å²) in [5, 5.41) is 14.9. The van der Waals surface area contributed by atoms with Crippen LogP contribution in [0.2, 0.25) is 0 Å². The Labute approximate surface area is 211 Å². The van der Waals surface area contributed by atoms with E-state index in [1.807, 2.05) is 6.07 Å². The molecule has 4 rings (SSSR count). The van der Waals surface area contributed by atoms with Crippen molar-refractivity contribution in [3.63, 3.8) is 0 Å². The summed E-state index contributed by atoms with van der Waals surface area (Å²) in [5.41, 5.74) is 8.92. The number of anilines is 2. The predicted molar refractivity (Wildman–Crippen MR) is 138 cm³/mol. The topological polar surface area (TPSA) is 132 Å². The third kappa shape index (κ3) is 6.01. The minimum absolute atomic E-state index is 0.0723. The van der Waals surface area contributed by atoms with Crippen molar-refractivity contribution >= 4 is 29.1 Å². The van der Waals surface area contributed by atoms with Gasteiger partial charge in [0.05, 0.1) is 23.0 Å². The maximum absolute atomic E-state index is 12.9. The van der Waals surface area contributed by atoms with Crippen molar-refractivity contribution in [2.75, 3.05) is 36.4 Å². The number of amides is 3. The lowest BCUT2D eigenvalue weighted by Gasteiger charge is -2.37. The molecule has 2 fully saturated rings. The fraction of sp³-hybridized carbons (Fsp3) is 0.407. The van der Waals surface area contributed by atoms with Crippen LogP contribution in [0.5, 0.6) is 0 Å². The molecule has 9 nitrogen and oxygen atoms in total. The van der Waals surface area contributed by atoms with Crippen LogP contribution in [0.15, 0.2) is 42.5 Å². The molecule has 1 heterocycles. The smallest absolute Gasteiger partial charge is 0.253 e. The number of piperazine rings is 1. The summed E-state index contributed by atoms with van der Waals surface area (Å²) in [6.45, 7) is 3.65. The minimum Gasteiger partial charge on any atom is -0.366 e. The van der Waals surface area contributed by atoms with Crippen LogP contribution in [0, 0.1) is 11.3 Å². The molecule has 1 saturated heterocycles. The molecule has 3 amide bonds. The van der Waals surface area contributed by atoms with Crippen LogP contribution in [0.4, 0.5) is 11.4 Å². The van der Waals surface area contributed by atoms with Crippen molar-refractivity contribution < 1.29 is 14.4 Å². The highest BCUT2D eigenvalue weighted by Gasteiger charge is 2.25. The van der Waals surface area contributed by atoms with Gasteiger partial charge in [-0.2, -0.15) is 5.26 Å². The van der Waals surface area contributed by atoms with E-state index in [1.54, 1.807) is 41.3 Å². The van der Waals surface area contributed by atoms with E-state index in [-0.39, 0.29) is 29.8 Å². The highest BCUT2D eigenvalue weighted by Crippen LogP contribution is 2.29. The first-order chi connectivity index (χ1) is 17.3. The van der Waals surface area contributed by atoms with Gasteiger partial charge >= 0.3 is 0 Å². The van der Waals surface area contributed by atoms with Crippen LogP contribution >= 0.6 is 0 Å². The lowest BCUT2D eigenvalue weighted by atomic mass is 9.91. The molecule has 1 aliphatic carbocycles. The van der Waals surface area contributed by atoms with E-state index in [9.17, 15) is 14.4 Å². The zero-order chi connectivity index (χ0) is 25.7. The number of nitrogens with two attached hydrogens (primary N) is 1. The van der Waals surface area contributed by atoms with Crippen molar-refractivity contribution in [2.24, 2.45) is 5.73 Å². The Kier molecular flexibility index (Phi) is 7.86. The number of nitriles is 1. The van der Waals surface area contributed by atoms with Gasteiger partial charge in [0.1, 0.15) is 0 Å². The SMILES string of the molecule is CC(=O)Nc1cc(C(=O)NC2CCC(N)CC2)ccc1N1CCN(C(=O)c2ccc(C#N)cc2)CC1. The summed E-state index contributed by atoms with van der Waals surface area (Å²) in [6, 6.07) is 14.4. The number of nitrogens with zero attached hydrogens (tertiary/aromatic N) is 3. The molecule has 1 aliphatic heterocycles. The van der Waals surface area contributed by atoms with Crippen LogP contribution in [-0.4, -0.2) is 60.9 Å². The first-order valence-electron chi connectivity index (χ1n) is 12.4. The molecule has 2 aromatic rings. The van der Waals surface area contributed by atoms with Gasteiger partial charge in [0.25, 0.3) is 11.8 Å². The largest absolute Gasteiger partial charge is 0.366 e. The summed E-state index contributed by atoms with van der Waals surface area (Å²) >= 11 is 0. The molecule has 0 bridgehead atoms. The molecule has 4 N–H and O–H groups in total. The van der Waals surface area contributed by atoms with Gasteiger partial charge in [-0.1, -0.05) is 0 Å². The van der Waals surface area contributed by atoms with Crippen molar-refractivity contribution in [2.45, 2.75) is 44.7 Å². The zero-order valence-electron chi connectivity index (χ0n) is 20.5. The standard InChI is InChI=1S/C27H32N6O3/c1-18(34)30-24-16-21(26(35)31-23-9-7-22(29)8-10-23)6-11-25(24)32-12-14-33(15-13-32)27(36)20-4-2-19(17-28)3-5-20/h2-6,11,16,22-23H,7-10,12-15,29H2,1H3,(H,30,34)(H,31,35). The molecule has 9 heteroatoms. The Morgan fingerprint density at radius 3 is 2.19 bits per heavy atom. The fourth-order valence-electron chi connectivity index (χ4n) is 4.80. The average Bonchev–Trinajstić information content (AvgIpc) is 2.89. The van der Waals surface area contributed by atoms with Gasteiger partial charge in [0, 0.05) is 56.3 Å². The number of benzene rings is 2. The van der Waals surface area contributed by atoms with Crippen LogP contribution < -0.4 is 21.3 Å². The molecule has 0 spiro atoms. The van der Waals surface area contributed by atoms with Gasteiger partial charge in [0.15, 0.2) is 0 Å². The van der Waals surface area contributed by atoms with Gasteiger partial charge < -0.3 is 26.2 Å². The monoisotopic (exact) mass is 488 g/mol. The third-order valence-corrected chi connectivity index (χ3v) is 6.85. The predicted octanol–water partition coefficient (Wildman–Crippen LogP) is 2.48. The van der Waals surface area contributed by atoms with Crippen molar-refractivity contribution in [1.82, 2.24) is 10.2 Å². The lowest BCUT2D eigenvalue weighted by Crippen LogP contribution is -2.49. The van der Waals surface area contributed by atoms with Crippen molar-refractivity contribution in [3.05, 3.63) is 59.2 Å². The number of hydrogen-bond acceptors (Lipinski definition) is 6. The van der Waals surface area contributed by atoms with Crippen LogP contribution in [0.1, 0.15) is 58.9 Å². The molecule has 0 radical (unpaired) electrons. The number of carbonyl (C=O) groups excluding carboxylic acids is 3. The van der Waals surface area contributed by atoms with E-state index in [2.05, 4.69) is 21.6 Å². The van der Waals surface area contributed by atoms with Gasteiger partial charge in [-0.3, -0.25) is 14.4 Å². The second-order valence-corrected chi connectivity index (χ2v) is 9.47. The summed E-state index contributed by atoms with van der Waals surface area (Å²) in [6.07, 6.45) is 3.55. The first kappa shape index (κ1) is 25.2. The summed E-state index contributed by atoms with van der Waals surface area (Å²) in [7, 11) is 0. The number of hydrogen-bond donors (Lipinski definition) is 3. The van der Waals surface area contributed by atoms with E-state index in [0.717, 1.165) is 31.4 Å². The van der Waals surface area contributed by atoms with Gasteiger partial charge in [-0.15, -0.1) is 0 Å². The van der Waals surface area contributed by atoms with E-state index < -0.39 is 0 Å². The first-order valence-corrected chi connectivity index (χ1v) is 12.4. The molecule has 0 aromatic heterocycles. The Morgan fingerprint density at radius 1 is 0.944 bits per heavy atom. The summed E-state index contributed by atoms with van der Waals surface area (Å²) in [4.78, 5) is 41.6. The van der Waals surface area contributed by atoms with Crippen molar-refractivity contribution in [3.8, 4) is 6.07 Å². The molecule has 188 valence electrons. The maximum atomic E-state index is 12.9. The average molecular weight is 489 g/mol. The second-order valence-electron chi connectivity index (χ2n) is 9.47. The van der Waals surface area contributed by atoms with Gasteiger partial charge in [0.2, 0.25) is 5.91 Å². The number of nitrogens with one attached hydrogen (secondary N) is 2. The highest BCUT2D eigenvalue weighted by atomic mass is 16.2. The molecule has 2 aromatic carbocycles. The van der Waals surface area contributed by atoms with E-state index in [1.165, 1.54) is 6.92 Å². The molecular weight excluding hydrogens is 456 g/mol. The molecule has 36 heavy (non-hydrogen) atoms. The second kappa shape index (κ2) is 11.2. The Morgan fingerprint density at radius 2 is 1.58 bits per heavy atom. The molecule has 2 aliphatic rings. The van der Waals surface area contributed by atoms with Crippen LogP contribution in [0.3, 0.4) is 0 Å². The Hall–Kier alpha value is -3.90. The summed E-state index contributed by atoms with van der Waals surface area (Å²) in [5.74, 6) is -0.451. The maximum Gasteiger partial charge on any atom is 0.253 e. The highest BCUT2D eigenvalue weighted by molar-refractivity contribution is 5.99. The quantitative estimate of drug-likeness (QED) is 0.593. The van der Waals surface area contributed by atoms with E-state index >= 15 is 0 Å².